The van der Waals surface area contributed by atoms with E-state index in [9.17, 15) is 0 Å². The molecule has 0 amide bonds. The van der Waals surface area contributed by atoms with Crippen molar-refractivity contribution in [2.45, 2.75) is 12.5 Å². The van der Waals surface area contributed by atoms with Gasteiger partial charge in [-0.2, -0.15) is 0 Å². The van der Waals surface area contributed by atoms with Crippen LogP contribution in [0.4, 0.5) is 0 Å². The molecule has 1 saturated heterocycles. The molecule has 0 saturated carbocycles. The van der Waals surface area contributed by atoms with Gasteiger partial charge < -0.3 is 9.88 Å². The second-order valence-electron chi connectivity index (χ2n) is 5.10. The number of aryl methyl sites for hydroxylation is 1. The van der Waals surface area contributed by atoms with E-state index >= 15 is 0 Å². The summed E-state index contributed by atoms with van der Waals surface area (Å²) < 4.78 is 2.18. The van der Waals surface area contributed by atoms with Gasteiger partial charge in [-0.15, -0.1) is 0 Å². The van der Waals surface area contributed by atoms with Gasteiger partial charge in [-0.25, -0.2) is 0 Å². The summed E-state index contributed by atoms with van der Waals surface area (Å²) in [6, 6.07) is 4.62. The summed E-state index contributed by atoms with van der Waals surface area (Å²) in [4.78, 5) is 7.01. The zero-order valence-electron chi connectivity index (χ0n) is 11.1. The summed E-state index contributed by atoms with van der Waals surface area (Å²) in [5.41, 5.74) is 3.73. The maximum Gasteiger partial charge on any atom is 0.0928 e. The molecule has 0 bridgehead atoms. The summed E-state index contributed by atoms with van der Waals surface area (Å²) in [7, 11) is 4.31. The number of rotatable bonds is 1. The van der Waals surface area contributed by atoms with Gasteiger partial charge in [0.1, 0.15) is 0 Å². The molecule has 18 heavy (non-hydrogen) atoms. The van der Waals surface area contributed by atoms with Gasteiger partial charge in [-0.1, -0.05) is 0 Å². The first-order valence-corrected chi connectivity index (χ1v) is 6.58. The van der Waals surface area contributed by atoms with Crippen LogP contribution in [0.15, 0.2) is 24.5 Å². The maximum absolute atomic E-state index is 4.57. The van der Waals surface area contributed by atoms with Crippen LogP contribution >= 0.6 is 0 Å². The minimum atomic E-state index is 0.471. The third-order valence-corrected chi connectivity index (χ3v) is 3.90. The molecule has 1 unspecified atom stereocenters. The zero-order chi connectivity index (χ0) is 12.5. The molecule has 1 fully saturated rings. The normalized spacial score (nSPS) is 22.2. The van der Waals surface area contributed by atoms with Crippen LogP contribution < -0.4 is 5.32 Å². The first-order valence-electron chi connectivity index (χ1n) is 6.58. The quantitative estimate of drug-likeness (QED) is 0.826. The van der Waals surface area contributed by atoms with Gasteiger partial charge in [0.05, 0.1) is 11.0 Å². The standard InChI is InChI=1S/C14H20N4/c1-17-9-8-15-7-5-12(17)11-10-18(2)13-4-3-6-16-14(11)13/h3-4,6,10,12,15H,5,7-9H2,1-2H3. The summed E-state index contributed by atoms with van der Waals surface area (Å²) in [6.45, 7) is 3.25. The van der Waals surface area contributed by atoms with E-state index in [1.54, 1.807) is 0 Å². The van der Waals surface area contributed by atoms with Crippen LogP contribution in [-0.2, 0) is 7.05 Å². The molecule has 0 aromatic carbocycles. The Hall–Kier alpha value is -1.39. The molecular weight excluding hydrogens is 224 g/mol. The van der Waals surface area contributed by atoms with Crippen LogP contribution in [0.3, 0.4) is 0 Å². The van der Waals surface area contributed by atoms with Crippen LogP contribution in [0.5, 0.6) is 0 Å². The van der Waals surface area contributed by atoms with Crippen molar-refractivity contribution in [3.8, 4) is 0 Å². The Morgan fingerprint density at radius 1 is 1.33 bits per heavy atom. The van der Waals surface area contributed by atoms with Crippen molar-refractivity contribution in [3.05, 3.63) is 30.1 Å². The molecule has 0 spiro atoms. The number of hydrogen-bond donors (Lipinski definition) is 1. The Labute approximate surface area is 108 Å². The van der Waals surface area contributed by atoms with Crippen molar-refractivity contribution in [1.29, 1.82) is 0 Å². The first kappa shape index (κ1) is 11.7. The fourth-order valence-electron chi connectivity index (χ4n) is 2.88. The Morgan fingerprint density at radius 2 is 2.22 bits per heavy atom. The van der Waals surface area contributed by atoms with Crippen molar-refractivity contribution >= 4 is 11.0 Å². The number of nitrogens with one attached hydrogen (secondary N) is 1. The van der Waals surface area contributed by atoms with Gasteiger partial charge in [0.2, 0.25) is 0 Å². The molecule has 3 rings (SSSR count). The summed E-state index contributed by atoms with van der Waals surface area (Å²) in [6.07, 6.45) is 5.27. The van der Waals surface area contributed by atoms with Crippen LogP contribution in [0.2, 0.25) is 0 Å². The number of likely N-dealkylation sites (N-methyl/N-ethyl adjacent to an activating group) is 1. The van der Waals surface area contributed by atoms with Gasteiger partial charge in [-0.05, 0) is 32.1 Å². The molecule has 4 nitrogen and oxygen atoms in total. The molecule has 0 aliphatic carbocycles. The minimum Gasteiger partial charge on any atom is -0.349 e. The minimum absolute atomic E-state index is 0.471. The molecule has 2 aromatic heterocycles. The lowest BCUT2D eigenvalue weighted by Crippen LogP contribution is -2.26. The summed E-state index contributed by atoms with van der Waals surface area (Å²) in [5.74, 6) is 0. The first-order chi connectivity index (χ1) is 8.77. The molecule has 0 radical (unpaired) electrons. The largest absolute Gasteiger partial charge is 0.349 e. The molecule has 96 valence electrons. The van der Waals surface area contributed by atoms with Crippen molar-refractivity contribution in [2.24, 2.45) is 7.05 Å². The van der Waals surface area contributed by atoms with Crippen LogP contribution in [-0.4, -0.2) is 41.1 Å². The maximum atomic E-state index is 4.57. The second-order valence-corrected chi connectivity index (χ2v) is 5.10. The second kappa shape index (κ2) is 4.71. The lowest BCUT2D eigenvalue weighted by atomic mass is 10.0. The number of nitrogens with zero attached hydrogens (tertiary/aromatic N) is 3. The monoisotopic (exact) mass is 244 g/mol. The predicted octanol–water partition coefficient (Wildman–Crippen LogP) is 1.54. The average molecular weight is 244 g/mol. The SMILES string of the molecule is CN1CCNCCC1c1cn(C)c2cccnc12. The van der Waals surface area contributed by atoms with E-state index in [-0.39, 0.29) is 0 Å². The van der Waals surface area contributed by atoms with Crippen LogP contribution in [0.25, 0.3) is 11.0 Å². The molecule has 1 N–H and O–H groups in total. The van der Waals surface area contributed by atoms with Gasteiger partial charge in [0, 0.05) is 44.1 Å². The van der Waals surface area contributed by atoms with E-state index in [4.69, 9.17) is 0 Å². The summed E-state index contributed by atoms with van der Waals surface area (Å²) >= 11 is 0. The fourth-order valence-corrected chi connectivity index (χ4v) is 2.88. The topological polar surface area (TPSA) is 33.1 Å². The van der Waals surface area contributed by atoms with E-state index in [0.29, 0.717) is 6.04 Å². The Balaban J connectivity index is 2.07. The van der Waals surface area contributed by atoms with Gasteiger partial charge in [0.15, 0.2) is 0 Å². The zero-order valence-corrected chi connectivity index (χ0v) is 11.1. The molecule has 4 heteroatoms. The lowest BCUT2D eigenvalue weighted by molar-refractivity contribution is 0.259. The summed E-state index contributed by atoms with van der Waals surface area (Å²) in [5, 5.41) is 3.46. The highest BCUT2D eigenvalue weighted by atomic mass is 15.2. The smallest absolute Gasteiger partial charge is 0.0928 e. The predicted molar refractivity (Wildman–Crippen MR) is 73.6 cm³/mol. The molecule has 1 aliphatic rings. The van der Waals surface area contributed by atoms with Gasteiger partial charge in [-0.3, -0.25) is 9.88 Å². The molecule has 3 heterocycles. The van der Waals surface area contributed by atoms with E-state index in [2.05, 4.69) is 46.1 Å². The van der Waals surface area contributed by atoms with E-state index in [0.717, 1.165) is 31.6 Å². The fraction of sp³-hybridized carbons (Fsp3) is 0.500. The Kier molecular flexibility index (Phi) is 3.06. The van der Waals surface area contributed by atoms with E-state index in [1.807, 2.05) is 12.3 Å². The van der Waals surface area contributed by atoms with E-state index in [1.165, 1.54) is 11.1 Å². The molecular formula is C14H20N4. The van der Waals surface area contributed by atoms with Gasteiger partial charge >= 0.3 is 0 Å². The number of fused-ring (bicyclic) bond motifs is 1. The van der Waals surface area contributed by atoms with E-state index < -0.39 is 0 Å². The van der Waals surface area contributed by atoms with Gasteiger partial charge in [0.25, 0.3) is 0 Å². The number of aromatic nitrogens is 2. The number of hydrogen-bond acceptors (Lipinski definition) is 3. The third kappa shape index (κ3) is 1.91. The third-order valence-electron chi connectivity index (χ3n) is 3.90. The lowest BCUT2D eigenvalue weighted by Gasteiger charge is -2.24. The molecule has 2 aromatic rings. The highest BCUT2D eigenvalue weighted by molar-refractivity contribution is 5.80. The van der Waals surface area contributed by atoms with Crippen molar-refractivity contribution in [1.82, 2.24) is 19.8 Å². The highest BCUT2D eigenvalue weighted by Crippen LogP contribution is 2.30. The van der Waals surface area contributed by atoms with Crippen molar-refractivity contribution in [3.63, 3.8) is 0 Å². The van der Waals surface area contributed by atoms with Crippen LogP contribution in [0.1, 0.15) is 18.0 Å². The van der Waals surface area contributed by atoms with Crippen molar-refractivity contribution in [2.75, 3.05) is 26.7 Å². The van der Waals surface area contributed by atoms with Crippen molar-refractivity contribution < 1.29 is 0 Å². The average Bonchev–Trinajstić information content (AvgIpc) is 2.57. The Bertz CT molecular complexity index is 546. The highest BCUT2D eigenvalue weighted by Gasteiger charge is 2.23. The Morgan fingerprint density at radius 3 is 3.11 bits per heavy atom. The molecule has 1 aliphatic heterocycles. The van der Waals surface area contributed by atoms with Crippen LogP contribution in [0, 0.1) is 0 Å². The number of pyridine rings is 1. The molecule has 1 atom stereocenters.